The highest BCUT2D eigenvalue weighted by Crippen LogP contribution is 2.31. The Bertz CT molecular complexity index is 340. The normalized spacial score (nSPS) is 24.6. The molecule has 0 aromatic carbocycles. The first-order valence-corrected chi connectivity index (χ1v) is 6.05. The fraction of sp³-hybridized carbons (Fsp3) is 0.615. The van der Waals surface area contributed by atoms with Gasteiger partial charge in [-0.15, -0.1) is 0 Å². The zero-order chi connectivity index (χ0) is 11.4. The minimum absolute atomic E-state index is 0.637. The summed E-state index contributed by atoms with van der Waals surface area (Å²) in [6.45, 7) is 3.57. The summed E-state index contributed by atoms with van der Waals surface area (Å²) in [5.74, 6) is 2.22. The van der Waals surface area contributed by atoms with Crippen LogP contribution in [0.5, 0.6) is 5.75 Å². The molecule has 2 N–H and O–H groups in total. The molecule has 2 rings (SSSR count). The van der Waals surface area contributed by atoms with Crippen molar-refractivity contribution in [3.8, 4) is 5.75 Å². The molecule has 0 aliphatic heterocycles. The second-order valence-corrected chi connectivity index (χ2v) is 4.63. The molecule has 0 bridgehead atoms. The summed E-state index contributed by atoms with van der Waals surface area (Å²) in [6, 6.07) is 3.89. The van der Waals surface area contributed by atoms with Crippen LogP contribution in [0.3, 0.4) is 0 Å². The Balaban J connectivity index is 1.87. The van der Waals surface area contributed by atoms with E-state index in [9.17, 15) is 0 Å². The third kappa shape index (κ3) is 2.73. The number of rotatable bonds is 4. The first-order valence-electron chi connectivity index (χ1n) is 6.05. The number of aromatic nitrogens is 1. The van der Waals surface area contributed by atoms with Gasteiger partial charge in [-0.05, 0) is 44.2 Å². The molecular weight excluding hydrogens is 200 g/mol. The molecule has 0 amide bonds. The molecule has 1 aliphatic rings. The monoisotopic (exact) mass is 220 g/mol. The smallest absolute Gasteiger partial charge is 0.122 e. The number of hydrogen-bond acceptors (Lipinski definition) is 3. The predicted molar refractivity (Wildman–Crippen MR) is 64.4 cm³/mol. The second kappa shape index (κ2) is 5.30. The van der Waals surface area contributed by atoms with E-state index in [-0.39, 0.29) is 0 Å². The van der Waals surface area contributed by atoms with Gasteiger partial charge in [-0.2, -0.15) is 0 Å². The molecule has 2 atom stereocenters. The van der Waals surface area contributed by atoms with Crippen LogP contribution in [-0.2, 0) is 0 Å². The van der Waals surface area contributed by atoms with Crippen molar-refractivity contribution in [3.05, 3.63) is 24.0 Å². The average Bonchev–Trinajstić information content (AvgIpc) is 2.74. The maximum atomic E-state index is 5.81. The van der Waals surface area contributed by atoms with Gasteiger partial charge in [0.1, 0.15) is 5.75 Å². The van der Waals surface area contributed by atoms with Crippen molar-refractivity contribution >= 4 is 0 Å². The number of hydrogen-bond donors (Lipinski definition) is 1. The van der Waals surface area contributed by atoms with Gasteiger partial charge in [0, 0.05) is 18.0 Å². The standard InChI is InChI=1S/C13H20N2O/c1-10-7-13(5-6-15-10)16-9-12-4-2-3-11(12)8-14/h5-7,11-12H,2-4,8-9,14H2,1H3. The highest BCUT2D eigenvalue weighted by Gasteiger charge is 2.26. The van der Waals surface area contributed by atoms with Crippen LogP contribution in [0.4, 0.5) is 0 Å². The predicted octanol–water partition coefficient (Wildman–Crippen LogP) is 2.14. The summed E-state index contributed by atoms with van der Waals surface area (Å²) >= 11 is 0. The van der Waals surface area contributed by atoms with Gasteiger partial charge in [0.05, 0.1) is 6.61 Å². The zero-order valence-electron chi connectivity index (χ0n) is 9.86. The van der Waals surface area contributed by atoms with Gasteiger partial charge in [0.2, 0.25) is 0 Å². The van der Waals surface area contributed by atoms with Gasteiger partial charge in [0.15, 0.2) is 0 Å². The summed E-state index contributed by atoms with van der Waals surface area (Å²) in [7, 11) is 0. The van der Waals surface area contributed by atoms with Crippen LogP contribution >= 0.6 is 0 Å². The lowest BCUT2D eigenvalue weighted by atomic mass is 9.97. The molecule has 0 spiro atoms. The van der Waals surface area contributed by atoms with Crippen molar-refractivity contribution in [2.75, 3.05) is 13.2 Å². The Morgan fingerprint density at radius 2 is 2.25 bits per heavy atom. The molecule has 0 saturated heterocycles. The Kier molecular flexibility index (Phi) is 3.78. The number of nitrogens with two attached hydrogens (primary N) is 1. The van der Waals surface area contributed by atoms with Gasteiger partial charge < -0.3 is 10.5 Å². The molecule has 0 radical (unpaired) electrons. The lowest BCUT2D eigenvalue weighted by Gasteiger charge is -2.18. The fourth-order valence-electron chi connectivity index (χ4n) is 2.46. The molecule has 2 unspecified atom stereocenters. The number of ether oxygens (including phenoxy) is 1. The van der Waals surface area contributed by atoms with Crippen LogP contribution in [-0.4, -0.2) is 18.1 Å². The van der Waals surface area contributed by atoms with E-state index in [0.717, 1.165) is 24.6 Å². The number of pyridine rings is 1. The van der Waals surface area contributed by atoms with Crippen molar-refractivity contribution in [1.82, 2.24) is 4.98 Å². The minimum Gasteiger partial charge on any atom is -0.493 e. The Labute approximate surface area is 97.0 Å². The van der Waals surface area contributed by atoms with Crippen molar-refractivity contribution in [2.45, 2.75) is 26.2 Å². The minimum atomic E-state index is 0.637. The first-order chi connectivity index (χ1) is 7.79. The molecule has 1 aliphatic carbocycles. The summed E-state index contributed by atoms with van der Waals surface area (Å²) in [6.07, 6.45) is 5.61. The van der Waals surface area contributed by atoms with Gasteiger partial charge in [-0.25, -0.2) is 0 Å². The molecule has 3 nitrogen and oxygen atoms in total. The molecule has 1 saturated carbocycles. The lowest BCUT2D eigenvalue weighted by molar-refractivity contribution is 0.216. The van der Waals surface area contributed by atoms with E-state index < -0.39 is 0 Å². The summed E-state index contributed by atoms with van der Waals surface area (Å²) < 4.78 is 5.81. The van der Waals surface area contributed by atoms with E-state index in [0.29, 0.717) is 11.8 Å². The highest BCUT2D eigenvalue weighted by atomic mass is 16.5. The van der Waals surface area contributed by atoms with Crippen molar-refractivity contribution in [2.24, 2.45) is 17.6 Å². The van der Waals surface area contributed by atoms with E-state index in [1.165, 1.54) is 19.3 Å². The molecule has 3 heteroatoms. The van der Waals surface area contributed by atoms with Crippen LogP contribution in [0.15, 0.2) is 18.3 Å². The maximum absolute atomic E-state index is 5.81. The molecular formula is C13H20N2O. The number of aryl methyl sites for hydroxylation is 1. The van der Waals surface area contributed by atoms with Gasteiger partial charge in [0.25, 0.3) is 0 Å². The fourth-order valence-corrected chi connectivity index (χ4v) is 2.46. The van der Waals surface area contributed by atoms with E-state index in [4.69, 9.17) is 10.5 Å². The van der Waals surface area contributed by atoms with E-state index in [2.05, 4.69) is 4.98 Å². The third-order valence-electron chi connectivity index (χ3n) is 3.45. The second-order valence-electron chi connectivity index (χ2n) is 4.63. The van der Waals surface area contributed by atoms with Crippen LogP contribution in [0.25, 0.3) is 0 Å². The zero-order valence-corrected chi connectivity index (χ0v) is 9.86. The summed E-state index contributed by atoms with van der Waals surface area (Å²) in [4.78, 5) is 4.15. The highest BCUT2D eigenvalue weighted by molar-refractivity contribution is 5.21. The van der Waals surface area contributed by atoms with Gasteiger partial charge in [-0.3, -0.25) is 4.98 Å². The topological polar surface area (TPSA) is 48.1 Å². The van der Waals surface area contributed by atoms with Crippen LogP contribution < -0.4 is 10.5 Å². The maximum Gasteiger partial charge on any atom is 0.122 e. The Morgan fingerprint density at radius 1 is 1.44 bits per heavy atom. The van der Waals surface area contributed by atoms with E-state index in [1.54, 1.807) is 6.20 Å². The van der Waals surface area contributed by atoms with Crippen molar-refractivity contribution < 1.29 is 4.74 Å². The molecule has 1 heterocycles. The van der Waals surface area contributed by atoms with Crippen molar-refractivity contribution in [1.29, 1.82) is 0 Å². The SMILES string of the molecule is Cc1cc(OCC2CCCC2CN)ccn1. The lowest BCUT2D eigenvalue weighted by Crippen LogP contribution is -2.23. The quantitative estimate of drug-likeness (QED) is 0.845. The largest absolute Gasteiger partial charge is 0.493 e. The van der Waals surface area contributed by atoms with E-state index in [1.807, 2.05) is 19.1 Å². The van der Waals surface area contributed by atoms with Crippen LogP contribution in [0, 0.1) is 18.8 Å². The van der Waals surface area contributed by atoms with Gasteiger partial charge >= 0.3 is 0 Å². The number of nitrogens with zero attached hydrogens (tertiary/aromatic N) is 1. The summed E-state index contributed by atoms with van der Waals surface area (Å²) in [5, 5.41) is 0. The van der Waals surface area contributed by atoms with Crippen LogP contribution in [0.2, 0.25) is 0 Å². The Morgan fingerprint density at radius 3 is 3.00 bits per heavy atom. The van der Waals surface area contributed by atoms with Gasteiger partial charge in [-0.1, -0.05) is 6.42 Å². The molecule has 88 valence electrons. The third-order valence-corrected chi connectivity index (χ3v) is 3.45. The van der Waals surface area contributed by atoms with E-state index >= 15 is 0 Å². The molecule has 1 aromatic heterocycles. The summed E-state index contributed by atoms with van der Waals surface area (Å²) in [5.41, 5.74) is 6.75. The van der Waals surface area contributed by atoms with Crippen LogP contribution in [0.1, 0.15) is 25.0 Å². The molecule has 16 heavy (non-hydrogen) atoms. The average molecular weight is 220 g/mol. The van der Waals surface area contributed by atoms with Crippen molar-refractivity contribution in [3.63, 3.8) is 0 Å². The Hall–Kier alpha value is -1.09. The molecule has 1 fully saturated rings. The molecule has 1 aromatic rings. The first kappa shape index (κ1) is 11.4.